The molecule has 30 heavy (non-hydrogen) atoms. The average molecular weight is 426 g/mol. The van der Waals surface area contributed by atoms with E-state index in [1.54, 1.807) is 19.0 Å². The van der Waals surface area contributed by atoms with E-state index >= 15 is 4.39 Å². The van der Waals surface area contributed by atoms with Crippen LogP contribution in [0.5, 0.6) is 0 Å². The summed E-state index contributed by atoms with van der Waals surface area (Å²) in [5.41, 5.74) is -1.67. The smallest absolute Gasteiger partial charge is 0.414 e. The predicted octanol–water partition coefficient (Wildman–Crippen LogP) is 1.22. The van der Waals surface area contributed by atoms with Crippen molar-refractivity contribution in [3.05, 3.63) is 6.33 Å². The van der Waals surface area contributed by atoms with Crippen LogP contribution in [0.3, 0.4) is 0 Å². The second-order valence-corrected chi connectivity index (χ2v) is 7.51. The molecule has 3 N–H and O–H groups in total. The molecule has 0 bridgehead atoms. The molecule has 0 spiro atoms. The Kier molecular flexibility index (Phi) is 6.38. The molecular weight excluding hydrogens is 399 g/mol. The second-order valence-electron chi connectivity index (χ2n) is 7.51. The Hall–Kier alpha value is -2.57. The number of unbranched alkanes of at least 4 members (excludes halogenated alkanes) is 1. The molecule has 1 fully saturated rings. The second kappa shape index (κ2) is 8.66. The van der Waals surface area contributed by atoms with Gasteiger partial charge in [0.15, 0.2) is 28.9 Å². The number of amides is 1. The molecule has 166 valence electrons. The minimum atomic E-state index is -2.21. The first-order valence-corrected chi connectivity index (χ1v) is 9.69. The molecule has 0 saturated carbocycles. The van der Waals surface area contributed by atoms with E-state index in [4.69, 9.17) is 9.47 Å². The fourth-order valence-corrected chi connectivity index (χ4v) is 3.24. The van der Waals surface area contributed by atoms with Gasteiger partial charge in [-0.15, -0.1) is 0 Å². The maximum Gasteiger partial charge on any atom is 0.414 e. The van der Waals surface area contributed by atoms with Gasteiger partial charge in [0, 0.05) is 14.1 Å². The molecule has 0 radical (unpaired) electrons. The predicted molar refractivity (Wildman–Crippen MR) is 106 cm³/mol. The van der Waals surface area contributed by atoms with E-state index in [9.17, 15) is 15.0 Å². The average Bonchev–Trinajstić information content (AvgIpc) is 3.20. The number of halogens is 1. The van der Waals surface area contributed by atoms with E-state index in [1.165, 1.54) is 17.8 Å². The van der Waals surface area contributed by atoms with Gasteiger partial charge in [0.1, 0.15) is 12.2 Å². The van der Waals surface area contributed by atoms with Crippen molar-refractivity contribution in [2.24, 2.45) is 0 Å². The molecule has 3 heterocycles. The Balaban J connectivity index is 1.99. The van der Waals surface area contributed by atoms with Crippen molar-refractivity contribution in [3.8, 4) is 0 Å². The Morgan fingerprint density at radius 2 is 2.20 bits per heavy atom. The van der Waals surface area contributed by atoms with Gasteiger partial charge in [0.05, 0.1) is 19.5 Å². The zero-order valence-corrected chi connectivity index (χ0v) is 17.4. The minimum Gasteiger partial charge on any atom is -0.449 e. The highest BCUT2D eigenvalue weighted by Gasteiger charge is 2.55. The van der Waals surface area contributed by atoms with Gasteiger partial charge in [-0.3, -0.25) is 9.88 Å². The van der Waals surface area contributed by atoms with Crippen molar-refractivity contribution in [3.63, 3.8) is 0 Å². The van der Waals surface area contributed by atoms with Crippen LogP contribution >= 0.6 is 0 Å². The fraction of sp³-hybridized carbons (Fsp3) is 0.667. The van der Waals surface area contributed by atoms with Gasteiger partial charge in [-0.1, -0.05) is 13.3 Å². The summed E-state index contributed by atoms with van der Waals surface area (Å²) in [6.45, 7) is 2.88. The van der Waals surface area contributed by atoms with Crippen LogP contribution in [0.2, 0.25) is 0 Å². The largest absolute Gasteiger partial charge is 0.449 e. The molecule has 1 aliphatic heterocycles. The third kappa shape index (κ3) is 4.02. The van der Waals surface area contributed by atoms with Crippen LogP contribution in [0.25, 0.3) is 11.2 Å². The number of carbonyl (C=O) groups excluding carboxylic acids is 1. The van der Waals surface area contributed by atoms with Gasteiger partial charge in [-0.25, -0.2) is 14.2 Å². The quantitative estimate of drug-likeness (QED) is 0.559. The van der Waals surface area contributed by atoms with Crippen molar-refractivity contribution < 1.29 is 28.9 Å². The Labute approximate surface area is 172 Å². The number of rotatable bonds is 7. The lowest BCUT2D eigenvalue weighted by molar-refractivity contribution is -0.0566. The van der Waals surface area contributed by atoms with Crippen LogP contribution in [0.15, 0.2) is 6.33 Å². The summed E-state index contributed by atoms with van der Waals surface area (Å²) in [6.07, 6.45) is -1.69. The van der Waals surface area contributed by atoms with Gasteiger partial charge < -0.3 is 24.6 Å². The fourth-order valence-electron chi connectivity index (χ4n) is 3.24. The highest BCUT2D eigenvalue weighted by atomic mass is 19.1. The van der Waals surface area contributed by atoms with E-state index in [0.717, 1.165) is 12.8 Å². The molecule has 2 aromatic heterocycles. The third-order valence-corrected chi connectivity index (χ3v) is 4.92. The number of aliphatic hydroxyl groups excluding tert-OH is 2. The summed E-state index contributed by atoms with van der Waals surface area (Å²) in [5, 5.41) is 22.0. The zero-order chi connectivity index (χ0) is 22.1. The van der Waals surface area contributed by atoms with Crippen molar-refractivity contribution in [1.29, 1.82) is 0 Å². The number of alkyl halides is 1. The summed E-state index contributed by atoms with van der Waals surface area (Å²) < 4.78 is 27.2. The number of aromatic nitrogens is 4. The maximum atomic E-state index is 15.3. The molecule has 12 heteroatoms. The van der Waals surface area contributed by atoms with Crippen molar-refractivity contribution >= 4 is 29.0 Å². The van der Waals surface area contributed by atoms with Gasteiger partial charge in [-0.05, 0) is 13.3 Å². The molecule has 3 rings (SSSR count). The molecule has 1 amide bonds. The van der Waals surface area contributed by atoms with Gasteiger partial charge in [-0.2, -0.15) is 9.97 Å². The van der Waals surface area contributed by atoms with Crippen LogP contribution in [-0.4, -0.2) is 81.0 Å². The highest BCUT2D eigenvalue weighted by molar-refractivity contribution is 5.88. The number of nitrogens with zero attached hydrogens (tertiary/aromatic N) is 5. The Morgan fingerprint density at radius 3 is 2.80 bits per heavy atom. The van der Waals surface area contributed by atoms with Crippen LogP contribution < -0.4 is 10.2 Å². The molecule has 1 saturated heterocycles. The number of carbonyl (C=O) groups is 1. The first-order chi connectivity index (χ1) is 14.2. The SMILES string of the molecule is CCCCOC(=O)Nc1nc(N(C)C)c2ncn([C@@H]3O[C@H](CO)[C@@H](O)[C@@]3(C)F)c2n1. The number of hydrogen-bond acceptors (Lipinski definition) is 9. The molecule has 0 aliphatic carbocycles. The van der Waals surface area contributed by atoms with Crippen LogP contribution in [0.1, 0.15) is 32.9 Å². The first kappa shape index (κ1) is 22.1. The standard InChI is InChI=1S/C18H27FN6O5/c1-5-6-7-29-17(28)23-16-21-13(24(3)4)11-14(22-16)25(9-20-11)15-18(2,19)12(27)10(8-26)30-15/h9-10,12,15,26-27H,5-8H2,1-4H3,(H,21,22,23,28)/t10-,12-,15-,18-/m1/s1. The summed E-state index contributed by atoms with van der Waals surface area (Å²) in [6, 6.07) is 0. The van der Waals surface area contributed by atoms with Gasteiger partial charge >= 0.3 is 6.09 Å². The molecule has 0 aromatic carbocycles. The molecule has 2 aromatic rings. The number of imidazole rings is 1. The number of ether oxygens (including phenoxy) is 2. The van der Waals surface area contributed by atoms with Crippen LogP contribution in [-0.2, 0) is 9.47 Å². The molecule has 4 atom stereocenters. The molecule has 1 aliphatic rings. The normalized spacial score (nSPS) is 26.2. The topological polar surface area (TPSA) is 135 Å². The lowest BCUT2D eigenvalue weighted by Crippen LogP contribution is -2.40. The van der Waals surface area contributed by atoms with E-state index in [2.05, 4.69) is 20.3 Å². The summed E-state index contributed by atoms with van der Waals surface area (Å²) in [7, 11) is 3.47. The number of fused-ring (bicyclic) bond motifs is 1. The van der Waals surface area contributed by atoms with Crippen LogP contribution in [0.4, 0.5) is 21.0 Å². The first-order valence-electron chi connectivity index (χ1n) is 9.69. The number of hydrogen-bond donors (Lipinski definition) is 3. The Morgan fingerprint density at radius 1 is 1.47 bits per heavy atom. The molecular formula is C18H27FN6O5. The number of anilines is 2. The third-order valence-electron chi connectivity index (χ3n) is 4.92. The summed E-state index contributed by atoms with van der Waals surface area (Å²) in [5.74, 6) is 0.340. The summed E-state index contributed by atoms with van der Waals surface area (Å²) in [4.78, 5) is 26.5. The van der Waals surface area contributed by atoms with Crippen molar-refractivity contribution in [2.75, 3.05) is 37.5 Å². The van der Waals surface area contributed by atoms with E-state index in [1.807, 2.05) is 6.92 Å². The Bertz CT molecular complexity index is 905. The summed E-state index contributed by atoms with van der Waals surface area (Å²) >= 11 is 0. The van der Waals surface area contributed by atoms with Crippen molar-refractivity contribution in [1.82, 2.24) is 19.5 Å². The van der Waals surface area contributed by atoms with E-state index in [-0.39, 0.29) is 18.2 Å². The lowest BCUT2D eigenvalue weighted by Gasteiger charge is -2.24. The van der Waals surface area contributed by atoms with E-state index in [0.29, 0.717) is 11.3 Å². The monoisotopic (exact) mass is 426 g/mol. The molecule has 0 unspecified atom stereocenters. The number of aliphatic hydroxyl groups is 2. The van der Waals surface area contributed by atoms with Gasteiger partial charge in [0.25, 0.3) is 0 Å². The van der Waals surface area contributed by atoms with Crippen LogP contribution in [0, 0.1) is 0 Å². The van der Waals surface area contributed by atoms with Crippen molar-refractivity contribution in [2.45, 2.75) is 50.8 Å². The number of nitrogens with one attached hydrogen (secondary N) is 1. The van der Waals surface area contributed by atoms with Gasteiger partial charge in [0.2, 0.25) is 5.95 Å². The maximum absolute atomic E-state index is 15.3. The zero-order valence-electron chi connectivity index (χ0n) is 17.4. The lowest BCUT2D eigenvalue weighted by atomic mass is 9.98. The minimum absolute atomic E-state index is 0.0488. The van der Waals surface area contributed by atoms with E-state index < -0.39 is 36.8 Å². The highest BCUT2D eigenvalue weighted by Crippen LogP contribution is 2.42. The molecule has 11 nitrogen and oxygen atoms in total.